The summed E-state index contributed by atoms with van der Waals surface area (Å²) in [5.41, 5.74) is 0.122. The Balaban J connectivity index is 2.25. The van der Waals surface area contributed by atoms with E-state index in [2.05, 4.69) is 5.32 Å². The molecule has 2 amide bonds. The van der Waals surface area contributed by atoms with E-state index in [4.69, 9.17) is 14.2 Å². The number of nitrogens with one attached hydrogen (secondary N) is 1. The van der Waals surface area contributed by atoms with E-state index in [1.165, 1.54) is 40.4 Å². The summed E-state index contributed by atoms with van der Waals surface area (Å²) in [4.78, 5) is 25.2. The summed E-state index contributed by atoms with van der Waals surface area (Å²) >= 11 is 0. The maximum absolute atomic E-state index is 14.0. The van der Waals surface area contributed by atoms with Gasteiger partial charge in [-0.25, -0.2) is 8.78 Å². The van der Waals surface area contributed by atoms with Gasteiger partial charge in [-0.1, -0.05) is 0 Å². The van der Waals surface area contributed by atoms with Crippen molar-refractivity contribution in [3.05, 3.63) is 42.0 Å². The molecule has 0 atom stereocenters. The lowest BCUT2D eigenvalue weighted by Gasteiger charge is -2.21. The highest BCUT2D eigenvalue weighted by atomic mass is 19.1. The first-order valence-electron chi connectivity index (χ1n) is 8.13. The van der Waals surface area contributed by atoms with Crippen molar-refractivity contribution in [3.8, 4) is 17.2 Å². The fourth-order valence-corrected chi connectivity index (χ4v) is 2.56. The summed E-state index contributed by atoms with van der Waals surface area (Å²) in [6.07, 6.45) is 0. The molecular formula is C19H20F2N2O5. The SMILES string of the molecule is COc1cc(NC(=O)CN(C(C)=O)c2ccc(F)cc2F)cc(OC)c1OC. The van der Waals surface area contributed by atoms with E-state index in [1.807, 2.05) is 0 Å². The Labute approximate surface area is 160 Å². The molecule has 9 heteroatoms. The minimum absolute atomic E-state index is 0.200. The van der Waals surface area contributed by atoms with Crippen LogP contribution >= 0.6 is 0 Å². The van der Waals surface area contributed by atoms with Crippen molar-refractivity contribution in [1.29, 1.82) is 0 Å². The van der Waals surface area contributed by atoms with Crippen LogP contribution in [0, 0.1) is 11.6 Å². The van der Waals surface area contributed by atoms with Gasteiger partial charge in [-0.3, -0.25) is 9.59 Å². The summed E-state index contributed by atoms with van der Waals surface area (Å²) in [5, 5.41) is 2.58. The van der Waals surface area contributed by atoms with Gasteiger partial charge in [0.2, 0.25) is 17.6 Å². The molecule has 0 aliphatic rings. The van der Waals surface area contributed by atoms with Gasteiger partial charge in [-0.05, 0) is 12.1 Å². The van der Waals surface area contributed by atoms with Crippen LogP contribution in [-0.2, 0) is 9.59 Å². The van der Waals surface area contributed by atoms with Crippen molar-refractivity contribution < 1.29 is 32.6 Å². The maximum Gasteiger partial charge on any atom is 0.244 e. The first-order chi connectivity index (χ1) is 13.3. The Bertz CT molecular complexity index is 864. The quantitative estimate of drug-likeness (QED) is 0.781. The van der Waals surface area contributed by atoms with Crippen LogP contribution in [0.3, 0.4) is 0 Å². The predicted octanol–water partition coefficient (Wildman–Crippen LogP) is 2.98. The van der Waals surface area contributed by atoms with Gasteiger partial charge >= 0.3 is 0 Å². The summed E-state index contributed by atoms with van der Waals surface area (Å²) < 4.78 is 42.7. The van der Waals surface area contributed by atoms with Crippen molar-refractivity contribution in [1.82, 2.24) is 0 Å². The zero-order chi connectivity index (χ0) is 20.8. The van der Waals surface area contributed by atoms with E-state index in [0.717, 1.165) is 17.0 Å². The Morgan fingerprint density at radius 3 is 2.07 bits per heavy atom. The largest absolute Gasteiger partial charge is 0.493 e. The number of anilines is 2. The van der Waals surface area contributed by atoms with E-state index in [-0.39, 0.29) is 5.69 Å². The van der Waals surface area contributed by atoms with Gasteiger partial charge in [0.05, 0.1) is 27.0 Å². The predicted molar refractivity (Wildman–Crippen MR) is 99.1 cm³/mol. The van der Waals surface area contributed by atoms with Crippen molar-refractivity contribution in [3.63, 3.8) is 0 Å². The van der Waals surface area contributed by atoms with Gasteiger partial charge in [-0.15, -0.1) is 0 Å². The molecule has 2 aromatic carbocycles. The van der Waals surface area contributed by atoms with Crippen LogP contribution in [0.25, 0.3) is 0 Å². The number of methoxy groups -OCH3 is 3. The molecule has 28 heavy (non-hydrogen) atoms. The first kappa shape index (κ1) is 20.9. The lowest BCUT2D eigenvalue weighted by Crippen LogP contribution is -2.37. The van der Waals surface area contributed by atoms with Crippen molar-refractivity contribution in [2.75, 3.05) is 38.1 Å². The summed E-state index contributed by atoms with van der Waals surface area (Å²) in [6.45, 7) is 0.698. The molecule has 0 aromatic heterocycles. The molecule has 7 nitrogen and oxygen atoms in total. The fourth-order valence-electron chi connectivity index (χ4n) is 2.56. The number of nitrogens with zero attached hydrogens (tertiary/aromatic N) is 1. The van der Waals surface area contributed by atoms with Gasteiger partial charge in [-0.2, -0.15) is 0 Å². The van der Waals surface area contributed by atoms with Crippen LogP contribution in [0.4, 0.5) is 20.2 Å². The normalized spacial score (nSPS) is 10.2. The Morgan fingerprint density at radius 2 is 1.61 bits per heavy atom. The molecule has 0 heterocycles. The summed E-state index contributed by atoms with van der Waals surface area (Å²) in [7, 11) is 4.30. The molecule has 2 rings (SSSR count). The Kier molecular flexibility index (Phi) is 6.75. The van der Waals surface area contributed by atoms with E-state index in [9.17, 15) is 18.4 Å². The molecule has 0 spiro atoms. The number of ether oxygens (including phenoxy) is 3. The smallest absolute Gasteiger partial charge is 0.244 e. The van der Waals surface area contributed by atoms with Crippen molar-refractivity contribution in [2.24, 2.45) is 0 Å². The second kappa shape index (κ2) is 9.03. The molecule has 2 aromatic rings. The minimum Gasteiger partial charge on any atom is -0.493 e. The topological polar surface area (TPSA) is 77.1 Å². The zero-order valence-corrected chi connectivity index (χ0v) is 15.8. The van der Waals surface area contributed by atoms with Crippen LogP contribution in [-0.4, -0.2) is 39.7 Å². The number of benzene rings is 2. The fraction of sp³-hybridized carbons (Fsp3) is 0.263. The van der Waals surface area contributed by atoms with Crippen molar-refractivity contribution in [2.45, 2.75) is 6.92 Å². The molecule has 0 saturated carbocycles. The molecule has 0 aliphatic carbocycles. The van der Waals surface area contributed by atoms with Gasteiger partial charge in [0.15, 0.2) is 11.5 Å². The van der Waals surface area contributed by atoms with Crippen LogP contribution in [0.1, 0.15) is 6.92 Å². The molecule has 150 valence electrons. The lowest BCUT2D eigenvalue weighted by atomic mass is 10.2. The number of amides is 2. The van der Waals surface area contributed by atoms with Crippen LogP contribution in [0.15, 0.2) is 30.3 Å². The third-order valence-electron chi connectivity index (χ3n) is 3.83. The number of carbonyl (C=O) groups excluding carboxylic acids is 2. The molecule has 0 aliphatic heterocycles. The summed E-state index contributed by atoms with van der Waals surface area (Å²) in [5.74, 6) is -1.92. The van der Waals surface area contributed by atoms with Gasteiger partial charge in [0.25, 0.3) is 0 Å². The monoisotopic (exact) mass is 394 g/mol. The Hall–Kier alpha value is -3.36. The first-order valence-corrected chi connectivity index (χ1v) is 8.13. The molecule has 0 saturated heterocycles. The molecule has 0 unspecified atom stereocenters. The molecule has 0 bridgehead atoms. The van der Waals surface area contributed by atoms with E-state index in [1.54, 1.807) is 0 Å². The number of halogens is 2. The Morgan fingerprint density at radius 1 is 1.00 bits per heavy atom. The number of hydrogen-bond donors (Lipinski definition) is 1. The minimum atomic E-state index is -0.948. The highest BCUT2D eigenvalue weighted by molar-refractivity contribution is 6.02. The standard InChI is InChI=1S/C19H20F2N2O5/c1-11(24)23(15-6-5-12(20)7-14(15)21)10-18(25)22-13-8-16(26-2)19(28-4)17(9-13)27-3/h5-9H,10H2,1-4H3,(H,22,25). The zero-order valence-electron chi connectivity index (χ0n) is 15.8. The molecule has 0 radical (unpaired) electrons. The highest BCUT2D eigenvalue weighted by Gasteiger charge is 2.21. The van der Waals surface area contributed by atoms with E-state index >= 15 is 0 Å². The van der Waals surface area contributed by atoms with Crippen LogP contribution in [0.2, 0.25) is 0 Å². The average molecular weight is 394 g/mol. The highest BCUT2D eigenvalue weighted by Crippen LogP contribution is 2.39. The summed E-state index contributed by atoms with van der Waals surface area (Å²) in [6, 6.07) is 5.76. The second-order valence-corrected chi connectivity index (χ2v) is 5.66. The third-order valence-corrected chi connectivity index (χ3v) is 3.83. The number of carbonyl (C=O) groups is 2. The van der Waals surface area contributed by atoms with Gasteiger partial charge in [0, 0.05) is 30.8 Å². The molecule has 1 N–H and O–H groups in total. The van der Waals surface area contributed by atoms with Crippen LogP contribution in [0.5, 0.6) is 17.2 Å². The molecule has 0 fully saturated rings. The van der Waals surface area contributed by atoms with Crippen LogP contribution < -0.4 is 24.4 Å². The average Bonchev–Trinajstić information content (AvgIpc) is 2.65. The van der Waals surface area contributed by atoms with Crippen molar-refractivity contribution >= 4 is 23.2 Å². The van der Waals surface area contributed by atoms with E-state index < -0.39 is 30.0 Å². The molecular weight excluding hydrogens is 374 g/mol. The third kappa shape index (κ3) is 4.67. The maximum atomic E-state index is 14.0. The lowest BCUT2D eigenvalue weighted by molar-refractivity contribution is -0.120. The second-order valence-electron chi connectivity index (χ2n) is 5.66. The van der Waals surface area contributed by atoms with E-state index in [0.29, 0.717) is 29.0 Å². The number of hydrogen-bond acceptors (Lipinski definition) is 5. The van der Waals surface area contributed by atoms with Gasteiger partial charge < -0.3 is 24.4 Å². The van der Waals surface area contributed by atoms with Gasteiger partial charge in [0.1, 0.15) is 18.2 Å². The number of rotatable bonds is 7.